The fraction of sp³-hybridized carbons (Fsp3) is 0.364. The van der Waals surface area contributed by atoms with Gasteiger partial charge in [0.15, 0.2) is 0 Å². The van der Waals surface area contributed by atoms with Crippen LogP contribution in [-0.2, 0) is 16.8 Å². The lowest BCUT2D eigenvalue weighted by Gasteiger charge is -2.19. The second-order valence-corrected chi connectivity index (χ2v) is 4.24. The third kappa shape index (κ3) is 2.42. The molecule has 0 fully saturated rings. The molecule has 0 bridgehead atoms. The zero-order valence-electron chi connectivity index (χ0n) is 9.64. The third-order valence-electron chi connectivity index (χ3n) is 2.70. The normalized spacial score (nSPS) is 11.2. The lowest BCUT2D eigenvalue weighted by atomic mass is 9.83. The monoisotopic (exact) mass is 238 g/mol. The van der Waals surface area contributed by atoms with Crippen LogP contribution >= 0.6 is 0 Å². The molecule has 0 spiro atoms. The van der Waals surface area contributed by atoms with Crippen molar-refractivity contribution in [2.75, 3.05) is 0 Å². The molecular weight excluding hydrogens is 224 g/mol. The molecule has 0 saturated heterocycles. The highest BCUT2D eigenvalue weighted by Gasteiger charge is 2.35. The number of nitro benzene ring substituents is 1. The van der Waals surface area contributed by atoms with E-state index in [1.807, 2.05) is 0 Å². The molecule has 0 atom stereocenters. The van der Waals surface area contributed by atoms with E-state index >= 15 is 0 Å². The Labute approximate surface area is 98.2 Å². The fourth-order valence-electron chi connectivity index (χ4n) is 1.50. The predicted molar refractivity (Wildman–Crippen MR) is 61.6 cm³/mol. The maximum Gasteiger partial charge on any atom is 0.313 e. The van der Waals surface area contributed by atoms with E-state index < -0.39 is 16.3 Å². The SMILES string of the molecule is CC(C)(C(=O)O)c1ccc(CN)cc1[N+](=O)[O-]. The van der Waals surface area contributed by atoms with Gasteiger partial charge in [-0.05, 0) is 19.4 Å². The molecule has 1 aromatic rings. The molecule has 0 saturated carbocycles. The first-order valence-corrected chi connectivity index (χ1v) is 5.02. The number of nitrogens with two attached hydrogens (primary N) is 1. The molecule has 0 aromatic heterocycles. The predicted octanol–water partition coefficient (Wildman–Crippen LogP) is 1.42. The molecule has 3 N–H and O–H groups in total. The minimum atomic E-state index is -1.31. The van der Waals surface area contributed by atoms with Gasteiger partial charge >= 0.3 is 5.97 Å². The van der Waals surface area contributed by atoms with Gasteiger partial charge in [0.25, 0.3) is 5.69 Å². The molecule has 1 rings (SSSR count). The largest absolute Gasteiger partial charge is 0.481 e. The number of hydrogen-bond acceptors (Lipinski definition) is 4. The van der Waals surface area contributed by atoms with Gasteiger partial charge in [0.2, 0.25) is 0 Å². The first-order chi connectivity index (χ1) is 7.80. The van der Waals surface area contributed by atoms with Crippen molar-refractivity contribution in [3.8, 4) is 0 Å². The van der Waals surface area contributed by atoms with Crippen LogP contribution in [0.4, 0.5) is 5.69 Å². The van der Waals surface area contributed by atoms with Crippen molar-refractivity contribution in [1.29, 1.82) is 0 Å². The summed E-state index contributed by atoms with van der Waals surface area (Å²) >= 11 is 0. The number of hydrogen-bond donors (Lipinski definition) is 2. The molecular formula is C11H14N2O4. The number of carboxylic acids is 1. The van der Waals surface area contributed by atoms with Crippen LogP contribution < -0.4 is 5.73 Å². The van der Waals surface area contributed by atoms with Crippen molar-refractivity contribution in [3.05, 3.63) is 39.4 Å². The highest BCUT2D eigenvalue weighted by molar-refractivity contribution is 5.82. The smallest absolute Gasteiger partial charge is 0.313 e. The standard InChI is InChI=1S/C11H14N2O4/c1-11(2,10(14)15)8-4-3-7(6-12)5-9(8)13(16)17/h3-5H,6,12H2,1-2H3,(H,14,15). The third-order valence-corrected chi connectivity index (χ3v) is 2.70. The van der Waals surface area contributed by atoms with Crippen LogP contribution in [-0.4, -0.2) is 16.0 Å². The Balaban J connectivity index is 3.43. The Bertz CT molecular complexity index is 469. The Morgan fingerprint density at radius 3 is 2.53 bits per heavy atom. The lowest BCUT2D eigenvalue weighted by Crippen LogP contribution is -2.29. The first kappa shape index (κ1) is 13.1. The van der Waals surface area contributed by atoms with E-state index in [1.54, 1.807) is 6.07 Å². The van der Waals surface area contributed by atoms with Gasteiger partial charge in [-0.2, -0.15) is 0 Å². The summed E-state index contributed by atoms with van der Waals surface area (Å²) in [5, 5.41) is 20.0. The van der Waals surface area contributed by atoms with E-state index in [9.17, 15) is 14.9 Å². The van der Waals surface area contributed by atoms with Gasteiger partial charge in [-0.1, -0.05) is 12.1 Å². The van der Waals surface area contributed by atoms with E-state index in [1.165, 1.54) is 26.0 Å². The van der Waals surface area contributed by atoms with Crippen LogP contribution in [0.15, 0.2) is 18.2 Å². The minimum Gasteiger partial charge on any atom is -0.481 e. The summed E-state index contributed by atoms with van der Waals surface area (Å²) in [5.41, 5.74) is 4.65. The summed E-state index contributed by atoms with van der Waals surface area (Å²) in [6, 6.07) is 4.38. The molecule has 0 aliphatic carbocycles. The number of benzene rings is 1. The van der Waals surface area contributed by atoms with E-state index in [0.29, 0.717) is 5.56 Å². The van der Waals surface area contributed by atoms with E-state index in [2.05, 4.69) is 0 Å². The van der Waals surface area contributed by atoms with Crippen LogP contribution in [0.1, 0.15) is 25.0 Å². The molecule has 0 aliphatic heterocycles. The van der Waals surface area contributed by atoms with E-state index in [-0.39, 0.29) is 17.8 Å². The van der Waals surface area contributed by atoms with E-state index in [0.717, 1.165) is 0 Å². The number of nitrogens with zero attached hydrogens (tertiary/aromatic N) is 1. The van der Waals surface area contributed by atoms with Crippen molar-refractivity contribution in [1.82, 2.24) is 0 Å². The Hall–Kier alpha value is -1.95. The minimum absolute atomic E-state index is 0.173. The zero-order valence-corrected chi connectivity index (χ0v) is 9.64. The molecule has 0 unspecified atom stereocenters. The summed E-state index contributed by atoms with van der Waals surface area (Å²) in [6.07, 6.45) is 0. The van der Waals surface area contributed by atoms with Gasteiger partial charge in [0.1, 0.15) is 0 Å². The molecule has 6 heteroatoms. The van der Waals surface area contributed by atoms with Gasteiger partial charge in [0.05, 0.1) is 10.3 Å². The number of carbonyl (C=O) groups is 1. The molecule has 0 radical (unpaired) electrons. The quantitative estimate of drug-likeness (QED) is 0.609. The number of aliphatic carboxylic acids is 1. The molecule has 17 heavy (non-hydrogen) atoms. The van der Waals surface area contributed by atoms with Gasteiger partial charge in [-0.25, -0.2) is 0 Å². The second-order valence-electron chi connectivity index (χ2n) is 4.24. The van der Waals surface area contributed by atoms with Crippen molar-refractivity contribution in [2.24, 2.45) is 5.73 Å². The Morgan fingerprint density at radius 2 is 2.12 bits per heavy atom. The zero-order chi connectivity index (χ0) is 13.2. The van der Waals surface area contributed by atoms with Crippen LogP contribution in [0.3, 0.4) is 0 Å². The molecule has 1 aromatic carbocycles. The lowest BCUT2D eigenvalue weighted by molar-refractivity contribution is -0.386. The average Bonchev–Trinajstić information content (AvgIpc) is 2.27. The van der Waals surface area contributed by atoms with Crippen LogP contribution in [0.2, 0.25) is 0 Å². The summed E-state index contributed by atoms with van der Waals surface area (Å²) in [7, 11) is 0. The van der Waals surface area contributed by atoms with Crippen molar-refractivity contribution in [3.63, 3.8) is 0 Å². The highest BCUT2D eigenvalue weighted by atomic mass is 16.6. The maximum atomic E-state index is 11.1. The van der Waals surface area contributed by atoms with Crippen molar-refractivity contribution < 1.29 is 14.8 Å². The summed E-state index contributed by atoms with van der Waals surface area (Å²) in [4.78, 5) is 21.5. The van der Waals surface area contributed by atoms with Crippen LogP contribution in [0, 0.1) is 10.1 Å². The topological polar surface area (TPSA) is 106 Å². The Kier molecular flexibility index (Phi) is 3.47. The van der Waals surface area contributed by atoms with E-state index in [4.69, 9.17) is 10.8 Å². The summed E-state index contributed by atoms with van der Waals surface area (Å²) in [5.74, 6) is -1.11. The molecule has 0 aliphatic rings. The molecule has 6 nitrogen and oxygen atoms in total. The van der Waals surface area contributed by atoms with Crippen molar-refractivity contribution in [2.45, 2.75) is 25.8 Å². The molecule has 0 amide bonds. The number of carboxylic acid groups (broad SMARTS) is 1. The van der Waals surface area contributed by atoms with Gasteiger partial charge in [0, 0.05) is 18.2 Å². The Morgan fingerprint density at radius 1 is 1.53 bits per heavy atom. The number of rotatable bonds is 4. The maximum absolute atomic E-state index is 11.1. The van der Waals surface area contributed by atoms with Crippen LogP contribution in [0.5, 0.6) is 0 Å². The van der Waals surface area contributed by atoms with Crippen LogP contribution in [0.25, 0.3) is 0 Å². The highest BCUT2D eigenvalue weighted by Crippen LogP contribution is 2.32. The first-order valence-electron chi connectivity index (χ1n) is 5.02. The van der Waals surface area contributed by atoms with Gasteiger partial charge < -0.3 is 10.8 Å². The van der Waals surface area contributed by atoms with Gasteiger partial charge in [-0.3, -0.25) is 14.9 Å². The average molecular weight is 238 g/mol. The van der Waals surface area contributed by atoms with Gasteiger partial charge in [-0.15, -0.1) is 0 Å². The molecule has 0 heterocycles. The fourth-order valence-corrected chi connectivity index (χ4v) is 1.50. The second kappa shape index (κ2) is 4.50. The number of nitro groups is 1. The molecule has 92 valence electrons. The summed E-state index contributed by atoms with van der Waals surface area (Å²) < 4.78 is 0. The summed E-state index contributed by atoms with van der Waals surface area (Å²) in [6.45, 7) is 3.04. The van der Waals surface area contributed by atoms with Crippen molar-refractivity contribution >= 4 is 11.7 Å².